The van der Waals surface area contributed by atoms with Crippen molar-refractivity contribution >= 4 is 33.6 Å². The number of hydrogen-bond donors (Lipinski definition) is 1. The van der Waals surface area contributed by atoms with E-state index in [4.69, 9.17) is 9.47 Å². The van der Waals surface area contributed by atoms with Crippen LogP contribution < -0.4 is 14.8 Å². The molecule has 0 bridgehead atoms. The van der Waals surface area contributed by atoms with Gasteiger partial charge in [0, 0.05) is 37.8 Å². The fourth-order valence-corrected chi connectivity index (χ4v) is 5.17. The summed E-state index contributed by atoms with van der Waals surface area (Å²) in [6.07, 6.45) is 2.52. The van der Waals surface area contributed by atoms with Crippen LogP contribution in [-0.2, 0) is 19.6 Å². The molecular weight excluding hydrogens is 446 g/mol. The topological polar surface area (TPSA) is 105 Å². The van der Waals surface area contributed by atoms with Crippen LogP contribution in [0.25, 0.3) is 6.08 Å². The number of hydrogen-bond acceptors (Lipinski definition) is 6. The number of carbonyl (C=O) groups excluding carboxylic acids is 2. The van der Waals surface area contributed by atoms with Crippen molar-refractivity contribution in [3.05, 3.63) is 54.1 Å². The summed E-state index contributed by atoms with van der Waals surface area (Å²) in [4.78, 5) is 26.1. The van der Waals surface area contributed by atoms with Crippen molar-refractivity contribution in [3.8, 4) is 11.5 Å². The van der Waals surface area contributed by atoms with Gasteiger partial charge in [-0.25, -0.2) is 8.42 Å². The molecule has 1 saturated heterocycles. The van der Waals surface area contributed by atoms with Gasteiger partial charge in [0.05, 0.1) is 17.7 Å². The summed E-state index contributed by atoms with van der Waals surface area (Å²) in [5.41, 5.74) is 1.11. The number of anilines is 1. The Morgan fingerprint density at radius 2 is 1.88 bits per heavy atom. The standard InChI is InChI=1S/C23H25N3O6S/c1-16-23(28)24-19-15-18(8-9-21(19)32-16)33(29,30)26-13-11-25(12-14-26)22(27)10-7-17-5-3-4-6-20(17)31-2/h3-10,15-16H,11-14H2,1-2H3,(H,24,28)/b10-7+. The van der Waals surface area contributed by atoms with E-state index >= 15 is 0 Å². The van der Waals surface area contributed by atoms with Crippen LogP contribution >= 0.6 is 0 Å². The Bertz CT molecular complexity index is 1200. The number of ether oxygens (including phenoxy) is 2. The Kier molecular flexibility index (Phi) is 6.39. The lowest BCUT2D eigenvalue weighted by molar-refractivity contribution is -0.127. The van der Waals surface area contributed by atoms with Gasteiger partial charge in [-0.05, 0) is 37.3 Å². The number of amides is 2. The van der Waals surface area contributed by atoms with Crippen molar-refractivity contribution in [2.45, 2.75) is 17.9 Å². The number of rotatable bonds is 5. The molecule has 1 fully saturated rings. The van der Waals surface area contributed by atoms with Gasteiger partial charge in [-0.15, -0.1) is 0 Å². The second-order valence-electron chi connectivity index (χ2n) is 7.71. The zero-order chi connectivity index (χ0) is 23.6. The fourth-order valence-electron chi connectivity index (χ4n) is 3.72. The van der Waals surface area contributed by atoms with Crippen LogP contribution in [0.15, 0.2) is 53.4 Å². The molecule has 2 aromatic carbocycles. The van der Waals surface area contributed by atoms with E-state index in [9.17, 15) is 18.0 Å². The van der Waals surface area contributed by atoms with Gasteiger partial charge < -0.3 is 19.7 Å². The van der Waals surface area contributed by atoms with E-state index in [1.54, 1.807) is 31.1 Å². The minimum absolute atomic E-state index is 0.0653. The Labute approximate surface area is 192 Å². The van der Waals surface area contributed by atoms with E-state index in [1.807, 2.05) is 24.3 Å². The van der Waals surface area contributed by atoms with Crippen LogP contribution in [0.5, 0.6) is 11.5 Å². The first-order valence-corrected chi connectivity index (χ1v) is 12.0. The molecule has 2 aromatic rings. The van der Waals surface area contributed by atoms with Crippen LogP contribution in [0.1, 0.15) is 12.5 Å². The Balaban J connectivity index is 1.41. The molecule has 2 aliphatic heterocycles. The molecule has 0 radical (unpaired) electrons. The average molecular weight is 472 g/mol. The molecule has 1 N–H and O–H groups in total. The summed E-state index contributed by atoms with van der Waals surface area (Å²) in [7, 11) is -2.22. The number of nitrogens with one attached hydrogen (secondary N) is 1. The van der Waals surface area contributed by atoms with Crippen molar-refractivity contribution in [1.82, 2.24) is 9.21 Å². The molecular formula is C23H25N3O6S. The first kappa shape index (κ1) is 22.8. The van der Waals surface area contributed by atoms with E-state index in [2.05, 4.69) is 5.32 Å². The molecule has 2 aliphatic rings. The maximum absolute atomic E-state index is 13.1. The van der Waals surface area contributed by atoms with Crippen molar-refractivity contribution in [2.75, 3.05) is 38.6 Å². The average Bonchev–Trinajstić information content (AvgIpc) is 2.83. The van der Waals surface area contributed by atoms with Crippen molar-refractivity contribution in [1.29, 1.82) is 0 Å². The van der Waals surface area contributed by atoms with Gasteiger partial charge in [0.1, 0.15) is 11.5 Å². The maximum Gasteiger partial charge on any atom is 0.265 e. The number of sulfonamides is 1. The lowest BCUT2D eigenvalue weighted by Crippen LogP contribution is -2.50. The van der Waals surface area contributed by atoms with E-state index in [0.717, 1.165) is 5.56 Å². The first-order chi connectivity index (χ1) is 15.8. The molecule has 0 aromatic heterocycles. The van der Waals surface area contributed by atoms with Gasteiger partial charge >= 0.3 is 0 Å². The highest BCUT2D eigenvalue weighted by Crippen LogP contribution is 2.33. The van der Waals surface area contributed by atoms with Crippen LogP contribution in [-0.4, -0.2) is 68.8 Å². The Morgan fingerprint density at radius 1 is 1.15 bits per heavy atom. The zero-order valence-corrected chi connectivity index (χ0v) is 19.2. The quantitative estimate of drug-likeness (QED) is 0.669. The number of carbonyl (C=O) groups is 2. The molecule has 0 spiro atoms. The number of piperazine rings is 1. The van der Waals surface area contributed by atoms with Crippen LogP contribution in [0.2, 0.25) is 0 Å². The third-order valence-corrected chi connectivity index (χ3v) is 7.51. The van der Waals surface area contributed by atoms with Crippen LogP contribution in [0.3, 0.4) is 0 Å². The molecule has 2 heterocycles. The summed E-state index contributed by atoms with van der Waals surface area (Å²) >= 11 is 0. The maximum atomic E-state index is 13.1. The predicted molar refractivity (Wildman–Crippen MR) is 123 cm³/mol. The summed E-state index contributed by atoms with van der Waals surface area (Å²) < 4.78 is 38.3. The first-order valence-electron chi connectivity index (χ1n) is 10.5. The molecule has 4 rings (SSSR count). The second kappa shape index (κ2) is 9.24. The third-order valence-electron chi connectivity index (χ3n) is 5.61. The molecule has 1 unspecified atom stereocenters. The largest absolute Gasteiger partial charge is 0.496 e. The molecule has 33 heavy (non-hydrogen) atoms. The molecule has 10 heteroatoms. The zero-order valence-electron chi connectivity index (χ0n) is 18.4. The molecule has 1 atom stereocenters. The normalized spacial score (nSPS) is 19.0. The second-order valence-corrected chi connectivity index (χ2v) is 9.65. The molecule has 0 aliphatic carbocycles. The Hall–Kier alpha value is -3.37. The lowest BCUT2D eigenvalue weighted by Gasteiger charge is -2.33. The molecule has 0 saturated carbocycles. The summed E-state index contributed by atoms with van der Waals surface area (Å²) in [5.74, 6) is 0.572. The number of fused-ring (bicyclic) bond motifs is 1. The number of benzene rings is 2. The Morgan fingerprint density at radius 3 is 2.61 bits per heavy atom. The highest BCUT2D eigenvalue weighted by Gasteiger charge is 2.31. The number of nitrogens with zero attached hydrogens (tertiary/aromatic N) is 2. The van der Waals surface area contributed by atoms with E-state index in [-0.39, 0.29) is 42.9 Å². The molecule has 9 nitrogen and oxygen atoms in total. The predicted octanol–water partition coefficient (Wildman–Crippen LogP) is 1.96. The molecule has 2 amide bonds. The monoisotopic (exact) mass is 471 g/mol. The van der Waals surface area contributed by atoms with E-state index < -0.39 is 16.1 Å². The smallest absolute Gasteiger partial charge is 0.265 e. The van der Waals surface area contributed by atoms with Crippen molar-refractivity contribution < 1.29 is 27.5 Å². The summed E-state index contributed by atoms with van der Waals surface area (Å²) in [6, 6.07) is 11.8. The van der Waals surface area contributed by atoms with Gasteiger partial charge in [0.2, 0.25) is 15.9 Å². The SMILES string of the molecule is COc1ccccc1/C=C/C(=O)N1CCN(S(=O)(=O)c2ccc3c(c2)NC(=O)C(C)O3)CC1. The van der Waals surface area contributed by atoms with E-state index in [0.29, 0.717) is 17.2 Å². The summed E-state index contributed by atoms with van der Waals surface area (Å²) in [6.45, 7) is 2.52. The minimum Gasteiger partial charge on any atom is -0.496 e. The third kappa shape index (κ3) is 4.71. The number of methoxy groups -OCH3 is 1. The summed E-state index contributed by atoms with van der Waals surface area (Å²) in [5, 5.41) is 2.67. The van der Waals surface area contributed by atoms with Gasteiger partial charge in [-0.3, -0.25) is 9.59 Å². The van der Waals surface area contributed by atoms with Crippen LogP contribution in [0, 0.1) is 0 Å². The highest BCUT2D eigenvalue weighted by molar-refractivity contribution is 7.89. The van der Waals surface area contributed by atoms with E-state index in [1.165, 1.54) is 22.5 Å². The van der Waals surface area contributed by atoms with Gasteiger partial charge in [0.25, 0.3) is 5.91 Å². The van der Waals surface area contributed by atoms with Gasteiger partial charge in [-0.2, -0.15) is 4.31 Å². The highest BCUT2D eigenvalue weighted by atomic mass is 32.2. The molecule has 174 valence electrons. The number of para-hydroxylation sites is 1. The minimum atomic E-state index is -3.79. The van der Waals surface area contributed by atoms with Crippen molar-refractivity contribution in [2.24, 2.45) is 0 Å². The lowest BCUT2D eigenvalue weighted by atomic mass is 10.2. The van der Waals surface area contributed by atoms with Gasteiger partial charge in [-0.1, -0.05) is 18.2 Å². The fraction of sp³-hybridized carbons (Fsp3) is 0.304. The van der Waals surface area contributed by atoms with Crippen molar-refractivity contribution in [3.63, 3.8) is 0 Å². The van der Waals surface area contributed by atoms with Gasteiger partial charge in [0.15, 0.2) is 6.10 Å². The van der Waals surface area contributed by atoms with Crippen LogP contribution in [0.4, 0.5) is 5.69 Å².